The van der Waals surface area contributed by atoms with Gasteiger partial charge in [-0.1, -0.05) is 39.7 Å². The molecular formula is C18H14BrClN4O2. The van der Waals surface area contributed by atoms with Crippen LogP contribution < -0.4 is 11.0 Å². The van der Waals surface area contributed by atoms with Gasteiger partial charge >= 0.3 is 0 Å². The molecule has 1 amide bonds. The van der Waals surface area contributed by atoms with Crippen molar-refractivity contribution in [2.24, 2.45) is 5.10 Å². The highest BCUT2D eigenvalue weighted by Crippen LogP contribution is 2.14. The molecule has 3 rings (SSSR count). The zero-order valence-corrected chi connectivity index (χ0v) is 16.0. The Hall–Kier alpha value is -2.64. The quantitative estimate of drug-likeness (QED) is 0.486. The summed E-state index contributed by atoms with van der Waals surface area (Å²) in [6, 6.07) is 13.8. The minimum Gasteiger partial charge on any atom is -0.295 e. The van der Waals surface area contributed by atoms with Gasteiger partial charge in [-0.25, -0.2) is 10.1 Å². The molecule has 1 heterocycles. The Morgan fingerprint density at radius 3 is 2.77 bits per heavy atom. The number of nitrogens with zero attached hydrogens (tertiary/aromatic N) is 2. The number of nitrogens with one attached hydrogen (secondary N) is 2. The summed E-state index contributed by atoms with van der Waals surface area (Å²) in [4.78, 5) is 24.6. The first kappa shape index (κ1) is 18.2. The third-order valence-electron chi connectivity index (χ3n) is 3.63. The molecule has 132 valence electrons. The number of benzene rings is 2. The molecule has 2 N–H and O–H groups in total. The van der Waals surface area contributed by atoms with Gasteiger partial charge in [-0.3, -0.25) is 14.7 Å². The van der Waals surface area contributed by atoms with E-state index in [0.717, 1.165) is 4.47 Å². The summed E-state index contributed by atoms with van der Waals surface area (Å²) in [6.45, 7) is 1.75. The SMILES string of the molecule is Cc1[nH]n(-c2cccc(Cl)c2)c(=O)c1/C=N/NC(=O)c1cccc(Br)c1. The fraction of sp³-hybridized carbons (Fsp3) is 0.0556. The van der Waals surface area contributed by atoms with Crippen LogP contribution in [0.15, 0.2) is 62.9 Å². The molecule has 0 saturated heterocycles. The van der Waals surface area contributed by atoms with E-state index in [4.69, 9.17) is 11.6 Å². The first-order valence-electron chi connectivity index (χ1n) is 7.62. The van der Waals surface area contributed by atoms with Gasteiger partial charge in [-0.2, -0.15) is 5.10 Å². The molecule has 0 aliphatic carbocycles. The van der Waals surface area contributed by atoms with Crippen molar-refractivity contribution in [3.63, 3.8) is 0 Å². The zero-order chi connectivity index (χ0) is 18.7. The Labute approximate surface area is 162 Å². The lowest BCUT2D eigenvalue weighted by molar-refractivity contribution is 0.0955. The van der Waals surface area contributed by atoms with Gasteiger partial charge in [-0.15, -0.1) is 0 Å². The van der Waals surface area contributed by atoms with E-state index in [-0.39, 0.29) is 11.5 Å². The maximum Gasteiger partial charge on any atom is 0.280 e. The third kappa shape index (κ3) is 3.95. The van der Waals surface area contributed by atoms with E-state index in [1.807, 2.05) is 6.07 Å². The summed E-state index contributed by atoms with van der Waals surface area (Å²) in [5.74, 6) is -0.370. The first-order chi connectivity index (χ1) is 12.5. The van der Waals surface area contributed by atoms with Crippen LogP contribution >= 0.6 is 27.5 Å². The lowest BCUT2D eigenvalue weighted by atomic mass is 10.2. The van der Waals surface area contributed by atoms with E-state index in [2.05, 4.69) is 31.6 Å². The lowest BCUT2D eigenvalue weighted by Gasteiger charge is -2.01. The number of carbonyl (C=O) groups excluding carboxylic acids is 1. The fourth-order valence-electron chi connectivity index (χ4n) is 2.36. The number of rotatable bonds is 4. The summed E-state index contributed by atoms with van der Waals surface area (Å²) < 4.78 is 2.17. The summed E-state index contributed by atoms with van der Waals surface area (Å²) in [5, 5.41) is 7.39. The minimum atomic E-state index is -0.370. The molecule has 0 bridgehead atoms. The van der Waals surface area contributed by atoms with E-state index >= 15 is 0 Å². The van der Waals surface area contributed by atoms with Gasteiger partial charge in [0, 0.05) is 20.8 Å². The molecule has 26 heavy (non-hydrogen) atoms. The molecule has 0 aliphatic rings. The number of carbonyl (C=O) groups is 1. The maximum atomic E-state index is 12.6. The van der Waals surface area contributed by atoms with Gasteiger partial charge in [0.25, 0.3) is 11.5 Å². The van der Waals surface area contributed by atoms with E-state index in [9.17, 15) is 9.59 Å². The van der Waals surface area contributed by atoms with Crippen molar-refractivity contribution in [1.29, 1.82) is 0 Å². The fourth-order valence-corrected chi connectivity index (χ4v) is 2.94. The van der Waals surface area contributed by atoms with Crippen molar-refractivity contribution in [1.82, 2.24) is 15.2 Å². The van der Waals surface area contributed by atoms with Crippen LogP contribution in [0.25, 0.3) is 5.69 Å². The van der Waals surface area contributed by atoms with Gasteiger partial charge in [-0.05, 0) is 43.3 Å². The topological polar surface area (TPSA) is 79.2 Å². The van der Waals surface area contributed by atoms with Crippen molar-refractivity contribution in [2.75, 3.05) is 0 Å². The second-order valence-corrected chi connectivity index (χ2v) is 6.83. The molecule has 0 saturated carbocycles. The average molecular weight is 434 g/mol. The molecule has 0 atom stereocenters. The number of hydrogen-bond donors (Lipinski definition) is 2. The van der Waals surface area contributed by atoms with Crippen LogP contribution in [0.3, 0.4) is 0 Å². The zero-order valence-electron chi connectivity index (χ0n) is 13.7. The van der Waals surface area contributed by atoms with Crippen LogP contribution in [-0.2, 0) is 0 Å². The van der Waals surface area contributed by atoms with Crippen molar-refractivity contribution < 1.29 is 4.79 Å². The number of aromatic nitrogens is 2. The number of halogens is 2. The van der Waals surface area contributed by atoms with Gasteiger partial charge in [0.1, 0.15) is 0 Å². The summed E-state index contributed by atoms with van der Waals surface area (Å²) in [7, 11) is 0. The number of hydrazone groups is 1. The molecule has 2 aromatic carbocycles. The summed E-state index contributed by atoms with van der Waals surface area (Å²) in [5.41, 5.74) is 4.17. The number of H-pyrrole nitrogens is 1. The first-order valence-corrected chi connectivity index (χ1v) is 8.79. The van der Waals surface area contributed by atoms with Crippen LogP contribution in [0.1, 0.15) is 21.6 Å². The highest BCUT2D eigenvalue weighted by molar-refractivity contribution is 9.10. The monoisotopic (exact) mass is 432 g/mol. The second-order valence-electron chi connectivity index (χ2n) is 5.48. The highest BCUT2D eigenvalue weighted by atomic mass is 79.9. The van der Waals surface area contributed by atoms with Gasteiger partial charge in [0.15, 0.2) is 0 Å². The molecular weight excluding hydrogens is 420 g/mol. The molecule has 0 unspecified atom stereocenters. The highest BCUT2D eigenvalue weighted by Gasteiger charge is 2.11. The van der Waals surface area contributed by atoms with Crippen LogP contribution in [0.2, 0.25) is 5.02 Å². The van der Waals surface area contributed by atoms with E-state index in [1.54, 1.807) is 49.4 Å². The predicted octanol–water partition coefficient (Wildman–Crippen LogP) is 3.65. The Kier molecular flexibility index (Phi) is 5.39. The van der Waals surface area contributed by atoms with Gasteiger partial charge in [0.2, 0.25) is 0 Å². The molecule has 0 spiro atoms. The molecule has 6 nitrogen and oxygen atoms in total. The Bertz CT molecular complexity index is 1060. The summed E-state index contributed by atoms with van der Waals surface area (Å²) >= 11 is 9.28. The number of hydrogen-bond acceptors (Lipinski definition) is 3. The second kappa shape index (κ2) is 7.72. The number of aryl methyl sites for hydroxylation is 1. The van der Waals surface area contributed by atoms with E-state index < -0.39 is 0 Å². The average Bonchev–Trinajstić information content (AvgIpc) is 2.90. The normalized spacial score (nSPS) is 11.0. The van der Waals surface area contributed by atoms with Gasteiger partial charge in [0.05, 0.1) is 17.5 Å². The lowest BCUT2D eigenvalue weighted by Crippen LogP contribution is -2.20. The van der Waals surface area contributed by atoms with Crippen molar-refractivity contribution in [3.05, 3.63) is 85.2 Å². The Morgan fingerprint density at radius 1 is 1.27 bits per heavy atom. The molecule has 3 aromatic rings. The number of aromatic amines is 1. The Balaban J connectivity index is 1.81. The molecule has 8 heteroatoms. The standard InChI is InChI=1S/C18H14BrClN4O2/c1-11-16(10-21-22-17(25)12-4-2-5-13(19)8-12)18(26)24(23-11)15-7-3-6-14(20)9-15/h2-10,23H,1H3,(H,22,25)/b21-10+. The van der Waals surface area contributed by atoms with Crippen LogP contribution in [0.4, 0.5) is 0 Å². The van der Waals surface area contributed by atoms with E-state index in [0.29, 0.717) is 27.5 Å². The largest absolute Gasteiger partial charge is 0.295 e. The van der Waals surface area contributed by atoms with Crippen molar-refractivity contribution in [2.45, 2.75) is 6.92 Å². The summed E-state index contributed by atoms with van der Waals surface area (Å²) in [6.07, 6.45) is 1.32. The molecule has 0 radical (unpaired) electrons. The van der Waals surface area contributed by atoms with Gasteiger partial charge < -0.3 is 0 Å². The predicted molar refractivity (Wildman–Crippen MR) is 105 cm³/mol. The van der Waals surface area contributed by atoms with Crippen molar-refractivity contribution >= 4 is 39.7 Å². The number of amides is 1. The smallest absolute Gasteiger partial charge is 0.280 e. The minimum absolute atomic E-state index is 0.287. The third-order valence-corrected chi connectivity index (χ3v) is 4.36. The van der Waals surface area contributed by atoms with E-state index in [1.165, 1.54) is 10.9 Å². The maximum absolute atomic E-state index is 12.6. The van der Waals surface area contributed by atoms with Crippen LogP contribution in [0, 0.1) is 6.92 Å². The van der Waals surface area contributed by atoms with Crippen LogP contribution in [-0.4, -0.2) is 21.9 Å². The Morgan fingerprint density at radius 2 is 2.04 bits per heavy atom. The molecule has 0 fully saturated rings. The van der Waals surface area contributed by atoms with Crippen LogP contribution in [0.5, 0.6) is 0 Å². The molecule has 1 aromatic heterocycles. The van der Waals surface area contributed by atoms with Crippen molar-refractivity contribution in [3.8, 4) is 5.69 Å². The molecule has 0 aliphatic heterocycles.